The van der Waals surface area contributed by atoms with Crippen molar-refractivity contribution in [1.29, 1.82) is 0 Å². The molecule has 0 radical (unpaired) electrons. The van der Waals surface area contributed by atoms with Gasteiger partial charge in [0.05, 0.1) is 12.4 Å². The highest BCUT2D eigenvalue weighted by molar-refractivity contribution is 5.18. The fourth-order valence-corrected chi connectivity index (χ4v) is 4.45. The molecule has 2 aliphatic carbocycles. The summed E-state index contributed by atoms with van der Waals surface area (Å²) in [6, 6.07) is 0. The molecule has 0 saturated heterocycles. The van der Waals surface area contributed by atoms with Crippen LogP contribution >= 0.6 is 0 Å². The van der Waals surface area contributed by atoms with Gasteiger partial charge in [-0.15, -0.1) is 0 Å². The maximum atomic E-state index is 5.94. The third kappa shape index (κ3) is 1.73. The van der Waals surface area contributed by atoms with E-state index in [0.29, 0.717) is 16.7 Å². The van der Waals surface area contributed by atoms with Crippen molar-refractivity contribution in [3.63, 3.8) is 0 Å². The van der Waals surface area contributed by atoms with Gasteiger partial charge in [0.15, 0.2) is 0 Å². The van der Waals surface area contributed by atoms with E-state index >= 15 is 0 Å². The topological polar surface area (TPSA) is 9.23 Å². The molecule has 0 bridgehead atoms. The van der Waals surface area contributed by atoms with Gasteiger partial charge in [-0.05, 0) is 48.5 Å². The van der Waals surface area contributed by atoms with Gasteiger partial charge in [0, 0.05) is 5.92 Å². The summed E-state index contributed by atoms with van der Waals surface area (Å²) in [6.07, 6.45) is 4.88. The Labute approximate surface area is 107 Å². The van der Waals surface area contributed by atoms with Gasteiger partial charge in [0.1, 0.15) is 0 Å². The van der Waals surface area contributed by atoms with Crippen molar-refractivity contribution in [3.8, 4) is 0 Å². The minimum absolute atomic E-state index is 0.357. The smallest absolute Gasteiger partial charge is 0.0959 e. The molecule has 0 aliphatic heterocycles. The van der Waals surface area contributed by atoms with Crippen LogP contribution in [0.4, 0.5) is 0 Å². The number of rotatable bonds is 2. The van der Waals surface area contributed by atoms with Crippen molar-refractivity contribution in [2.45, 2.75) is 54.4 Å². The molecule has 98 valence electrons. The molecule has 2 aliphatic rings. The number of hydrogen-bond donors (Lipinski definition) is 0. The molecular formula is C16H28O. The summed E-state index contributed by atoms with van der Waals surface area (Å²) in [5.74, 6) is 3.44. The molecule has 1 fully saturated rings. The zero-order chi connectivity index (χ0) is 12.8. The maximum absolute atomic E-state index is 5.94. The summed E-state index contributed by atoms with van der Waals surface area (Å²) < 4.78 is 5.94. The molecule has 17 heavy (non-hydrogen) atoms. The van der Waals surface area contributed by atoms with E-state index in [2.05, 4.69) is 47.6 Å². The molecule has 0 aromatic heterocycles. The van der Waals surface area contributed by atoms with E-state index < -0.39 is 0 Å². The minimum Gasteiger partial charge on any atom is -0.498 e. The predicted molar refractivity (Wildman–Crippen MR) is 72.6 cm³/mol. The molecule has 0 aromatic rings. The molecule has 2 rings (SSSR count). The Balaban J connectivity index is 2.40. The number of ether oxygens (including phenoxy) is 1. The highest BCUT2D eigenvalue weighted by atomic mass is 16.5. The second-order valence-corrected chi connectivity index (χ2v) is 7.07. The van der Waals surface area contributed by atoms with Crippen molar-refractivity contribution in [3.05, 3.63) is 11.8 Å². The molecule has 3 unspecified atom stereocenters. The van der Waals surface area contributed by atoms with Crippen molar-refractivity contribution in [1.82, 2.24) is 0 Å². The molecule has 0 spiro atoms. The largest absolute Gasteiger partial charge is 0.498 e. The molecule has 1 heteroatoms. The predicted octanol–water partition coefficient (Wildman–Crippen LogP) is 4.64. The maximum Gasteiger partial charge on any atom is 0.0959 e. The molecule has 0 amide bonds. The Morgan fingerprint density at radius 1 is 1.24 bits per heavy atom. The monoisotopic (exact) mass is 236 g/mol. The van der Waals surface area contributed by atoms with Crippen LogP contribution in [-0.4, -0.2) is 6.61 Å². The highest BCUT2D eigenvalue weighted by Crippen LogP contribution is 2.64. The molecular weight excluding hydrogens is 208 g/mol. The summed E-state index contributed by atoms with van der Waals surface area (Å²) in [6.45, 7) is 15.1. The number of fused-ring (bicyclic) bond motifs is 1. The standard InChI is InChI=1S/C16H28O/c1-7-17-13-10-8-9-12-14(13)16(5,6)11(2)15(12,3)4/h10-12,14H,7-9H2,1-6H3. The molecule has 1 nitrogen and oxygen atoms in total. The van der Waals surface area contributed by atoms with Crippen LogP contribution in [0.25, 0.3) is 0 Å². The van der Waals surface area contributed by atoms with Crippen LogP contribution in [0.15, 0.2) is 11.8 Å². The Morgan fingerprint density at radius 2 is 1.88 bits per heavy atom. The van der Waals surface area contributed by atoms with Crippen molar-refractivity contribution in [2.75, 3.05) is 6.61 Å². The number of allylic oxidation sites excluding steroid dienone is 2. The molecule has 0 N–H and O–H groups in total. The summed E-state index contributed by atoms with van der Waals surface area (Å²) in [7, 11) is 0. The van der Waals surface area contributed by atoms with Crippen LogP contribution in [0.5, 0.6) is 0 Å². The highest BCUT2D eigenvalue weighted by Gasteiger charge is 2.59. The van der Waals surface area contributed by atoms with Gasteiger partial charge in [-0.3, -0.25) is 0 Å². The first-order valence-corrected chi connectivity index (χ1v) is 7.16. The quantitative estimate of drug-likeness (QED) is 0.679. The first-order chi connectivity index (χ1) is 7.83. The summed E-state index contributed by atoms with van der Waals surface area (Å²) in [5, 5.41) is 0. The molecule has 0 heterocycles. The lowest BCUT2D eigenvalue weighted by atomic mass is 9.71. The van der Waals surface area contributed by atoms with E-state index in [4.69, 9.17) is 4.74 Å². The molecule has 3 atom stereocenters. The van der Waals surface area contributed by atoms with Crippen LogP contribution in [0.3, 0.4) is 0 Å². The van der Waals surface area contributed by atoms with Crippen LogP contribution in [-0.2, 0) is 4.74 Å². The van der Waals surface area contributed by atoms with Gasteiger partial charge in [0.2, 0.25) is 0 Å². The van der Waals surface area contributed by atoms with E-state index in [0.717, 1.165) is 18.4 Å². The average molecular weight is 236 g/mol. The fraction of sp³-hybridized carbons (Fsp3) is 0.875. The van der Waals surface area contributed by atoms with Crippen LogP contribution in [0.1, 0.15) is 54.4 Å². The van der Waals surface area contributed by atoms with Gasteiger partial charge in [-0.25, -0.2) is 0 Å². The third-order valence-electron chi connectivity index (χ3n) is 5.83. The Morgan fingerprint density at radius 3 is 2.47 bits per heavy atom. The normalized spacial score (nSPS) is 38.5. The van der Waals surface area contributed by atoms with Gasteiger partial charge in [0.25, 0.3) is 0 Å². The average Bonchev–Trinajstić information content (AvgIpc) is 2.40. The summed E-state index contributed by atoms with van der Waals surface area (Å²) in [5.41, 5.74) is 0.792. The summed E-state index contributed by atoms with van der Waals surface area (Å²) in [4.78, 5) is 0. The van der Waals surface area contributed by atoms with E-state index in [1.165, 1.54) is 18.6 Å². The van der Waals surface area contributed by atoms with Crippen LogP contribution in [0, 0.1) is 28.6 Å². The minimum atomic E-state index is 0.357. The lowest BCUT2D eigenvalue weighted by Gasteiger charge is -2.37. The lowest BCUT2D eigenvalue weighted by molar-refractivity contribution is 0.0987. The van der Waals surface area contributed by atoms with Gasteiger partial charge >= 0.3 is 0 Å². The van der Waals surface area contributed by atoms with Crippen molar-refractivity contribution in [2.24, 2.45) is 28.6 Å². The van der Waals surface area contributed by atoms with Gasteiger partial charge in [-0.1, -0.05) is 34.6 Å². The first-order valence-electron chi connectivity index (χ1n) is 7.16. The Kier molecular flexibility index (Phi) is 3.08. The second kappa shape index (κ2) is 4.03. The molecule has 1 saturated carbocycles. The van der Waals surface area contributed by atoms with Crippen molar-refractivity contribution < 1.29 is 4.74 Å². The van der Waals surface area contributed by atoms with E-state index in [1.807, 2.05) is 0 Å². The Bertz CT molecular complexity index is 324. The lowest BCUT2D eigenvalue weighted by Crippen LogP contribution is -2.30. The van der Waals surface area contributed by atoms with E-state index in [-0.39, 0.29) is 0 Å². The summed E-state index contributed by atoms with van der Waals surface area (Å²) >= 11 is 0. The third-order valence-corrected chi connectivity index (χ3v) is 5.83. The Hall–Kier alpha value is -0.460. The SMILES string of the molecule is CCOC1=CCCC2C1C(C)(C)C(C)C2(C)C. The van der Waals surface area contributed by atoms with Gasteiger partial charge < -0.3 is 4.74 Å². The van der Waals surface area contributed by atoms with Crippen LogP contribution < -0.4 is 0 Å². The second-order valence-electron chi connectivity index (χ2n) is 7.07. The zero-order valence-electron chi connectivity index (χ0n) is 12.3. The zero-order valence-corrected chi connectivity index (χ0v) is 12.3. The fourth-order valence-electron chi connectivity index (χ4n) is 4.45. The number of hydrogen-bond acceptors (Lipinski definition) is 1. The van der Waals surface area contributed by atoms with E-state index in [1.54, 1.807) is 0 Å². The van der Waals surface area contributed by atoms with Gasteiger partial charge in [-0.2, -0.15) is 0 Å². The van der Waals surface area contributed by atoms with Crippen molar-refractivity contribution >= 4 is 0 Å². The van der Waals surface area contributed by atoms with E-state index in [9.17, 15) is 0 Å². The first kappa shape index (κ1) is 13.0. The van der Waals surface area contributed by atoms with Crippen LogP contribution in [0.2, 0.25) is 0 Å². The molecule has 0 aromatic carbocycles.